The van der Waals surface area contributed by atoms with E-state index in [0.29, 0.717) is 19.0 Å². The van der Waals surface area contributed by atoms with Crippen LogP contribution in [-0.2, 0) is 9.53 Å². The summed E-state index contributed by atoms with van der Waals surface area (Å²) in [5.74, 6) is 0.544. The smallest absolute Gasteiger partial charge is 0.219 e. The molecule has 0 aromatic rings. The standard InChI is InChI=1S/C8H11N3O2/c12-7-5-9-6-10-8(7)11-1-3-13-4-2-11/h6H,1-5H2. The van der Waals surface area contributed by atoms with Crippen LogP contribution >= 0.6 is 0 Å². The third kappa shape index (κ3) is 1.75. The molecular formula is C8H11N3O2. The van der Waals surface area contributed by atoms with Gasteiger partial charge in [0.2, 0.25) is 5.78 Å². The molecule has 0 spiro atoms. The molecule has 2 heterocycles. The fourth-order valence-corrected chi connectivity index (χ4v) is 1.40. The zero-order chi connectivity index (χ0) is 9.10. The summed E-state index contributed by atoms with van der Waals surface area (Å²) in [6, 6.07) is 0. The zero-order valence-corrected chi connectivity index (χ0v) is 7.27. The second-order valence-electron chi connectivity index (χ2n) is 2.93. The third-order valence-electron chi connectivity index (χ3n) is 2.06. The molecule has 5 heteroatoms. The zero-order valence-electron chi connectivity index (χ0n) is 7.27. The maximum atomic E-state index is 11.4. The Morgan fingerprint density at radius 3 is 2.85 bits per heavy atom. The number of aliphatic imine (C=N–C) groups is 2. The van der Waals surface area contributed by atoms with Crippen LogP contribution < -0.4 is 0 Å². The second kappa shape index (κ2) is 3.66. The fourth-order valence-electron chi connectivity index (χ4n) is 1.40. The van der Waals surface area contributed by atoms with Crippen molar-refractivity contribution in [3.05, 3.63) is 0 Å². The molecule has 0 aromatic heterocycles. The highest BCUT2D eigenvalue weighted by atomic mass is 16.5. The van der Waals surface area contributed by atoms with Gasteiger partial charge in [0.15, 0.2) is 5.84 Å². The van der Waals surface area contributed by atoms with E-state index in [4.69, 9.17) is 4.74 Å². The molecule has 2 aliphatic heterocycles. The number of carbonyl (C=O) groups is 1. The monoisotopic (exact) mass is 181 g/mol. The normalized spacial score (nSPS) is 23.2. The van der Waals surface area contributed by atoms with E-state index >= 15 is 0 Å². The number of ketones is 1. The Balaban J connectivity index is 2.09. The van der Waals surface area contributed by atoms with E-state index in [0.717, 1.165) is 13.1 Å². The lowest BCUT2D eigenvalue weighted by Crippen LogP contribution is -2.45. The third-order valence-corrected chi connectivity index (χ3v) is 2.06. The first-order chi connectivity index (χ1) is 6.38. The van der Waals surface area contributed by atoms with Crippen molar-refractivity contribution in [2.24, 2.45) is 9.98 Å². The first-order valence-electron chi connectivity index (χ1n) is 4.30. The molecule has 0 saturated carbocycles. The van der Waals surface area contributed by atoms with Crippen LogP contribution in [0, 0.1) is 0 Å². The van der Waals surface area contributed by atoms with Crippen LogP contribution in [0.5, 0.6) is 0 Å². The lowest BCUT2D eigenvalue weighted by molar-refractivity contribution is -0.112. The van der Waals surface area contributed by atoms with E-state index in [-0.39, 0.29) is 12.3 Å². The van der Waals surface area contributed by atoms with Crippen LogP contribution in [0.1, 0.15) is 0 Å². The van der Waals surface area contributed by atoms with Gasteiger partial charge in [-0.3, -0.25) is 9.79 Å². The molecule has 2 aliphatic rings. The van der Waals surface area contributed by atoms with E-state index in [1.165, 1.54) is 6.34 Å². The number of hydrogen-bond donors (Lipinski definition) is 0. The van der Waals surface area contributed by atoms with Gasteiger partial charge >= 0.3 is 0 Å². The van der Waals surface area contributed by atoms with Gasteiger partial charge < -0.3 is 9.64 Å². The molecule has 70 valence electrons. The van der Waals surface area contributed by atoms with Crippen molar-refractivity contribution in [2.75, 3.05) is 32.8 Å². The number of amidine groups is 1. The fraction of sp³-hybridized carbons (Fsp3) is 0.625. The minimum Gasteiger partial charge on any atom is -0.378 e. The Hall–Kier alpha value is -1.23. The summed E-state index contributed by atoms with van der Waals surface area (Å²) >= 11 is 0. The molecule has 0 bridgehead atoms. The summed E-state index contributed by atoms with van der Waals surface area (Å²) in [6.07, 6.45) is 1.45. The van der Waals surface area contributed by atoms with Crippen LogP contribution in [-0.4, -0.2) is 55.7 Å². The van der Waals surface area contributed by atoms with Gasteiger partial charge in [0.05, 0.1) is 13.2 Å². The Labute approximate surface area is 76.1 Å². The van der Waals surface area contributed by atoms with Gasteiger partial charge in [-0.05, 0) is 0 Å². The Kier molecular flexibility index (Phi) is 2.35. The van der Waals surface area contributed by atoms with Crippen LogP contribution in [0.25, 0.3) is 0 Å². The number of nitrogens with zero attached hydrogens (tertiary/aromatic N) is 3. The van der Waals surface area contributed by atoms with Crippen molar-refractivity contribution in [3.8, 4) is 0 Å². The topological polar surface area (TPSA) is 54.3 Å². The van der Waals surface area contributed by atoms with Crippen molar-refractivity contribution >= 4 is 18.0 Å². The van der Waals surface area contributed by atoms with E-state index in [1.807, 2.05) is 4.90 Å². The first-order valence-corrected chi connectivity index (χ1v) is 4.30. The largest absolute Gasteiger partial charge is 0.378 e. The van der Waals surface area contributed by atoms with Gasteiger partial charge in [-0.25, -0.2) is 4.99 Å². The molecule has 0 N–H and O–H groups in total. The molecule has 0 unspecified atom stereocenters. The van der Waals surface area contributed by atoms with Crippen LogP contribution in [0.3, 0.4) is 0 Å². The molecule has 0 amide bonds. The number of hydrogen-bond acceptors (Lipinski definition) is 5. The van der Waals surface area contributed by atoms with Crippen molar-refractivity contribution in [3.63, 3.8) is 0 Å². The summed E-state index contributed by atoms with van der Waals surface area (Å²) < 4.78 is 5.18. The van der Waals surface area contributed by atoms with Gasteiger partial charge in [0.25, 0.3) is 0 Å². The van der Waals surface area contributed by atoms with Crippen molar-refractivity contribution in [1.29, 1.82) is 0 Å². The lowest BCUT2D eigenvalue weighted by atomic mass is 10.3. The Bertz CT molecular complexity index is 267. The van der Waals surface area contributed by atoms with Crippen LogP contribution in [0.15, 0.2) is 9.98 Å². The molecule has 1 fully saturated rings. The lowest BCUT2D eigenvalue weighted by Gasteiger charge is -2.29. The van der Waals surface area contributed by atoms with Crippen molar-refractivity contribution < 1.29 is 9.53 Å². The van der Waals surface area contributed by atoms with Crippen molar-refractivity contribution in [2.45, 2.75) is 0 Å². The average Bonchev–Trinajstić information content (AvgIpc) is 2.20. The summed E-state index contributed by atoms with van der Waals surface area (Å²) in [5.41, 5.74) is 0. The molecule has 2 rings (SSSR count). The predicted octanol–water partition coefficient (Wildman–Crippen LogP) is -0.672. The van der Waals surface area contributed by atoms with Gasteiger partial charge in [-0.1, -0.05) is 0 Å². The van der Waals surface area contributed by atoms with Crippen LogP contribution in [0.4, 0.5) is 0 Å². The summed E-state index contributed by atoms with van der Waals surface area (Å²) in [4.78, 5) is 21.1. The molecule has 0 aliphatic carbocycles. The number of carbonyl (C=O) groups excluding carboxylic acids is 1. The summed E-state index contributed by atoms with van der Waals surface area (Å²) in [5, 5.41) is 0. The van der Waals surface area contributed by atoms with E-state index in [2.05, 4.69) is 9.98 Å². The number of morpholine rings is 1. The summed E-state index contributed by atoms with van der Waals surface area (Å²) in [6.45, 7) is 3.07. The highest BCUT2D eigenvalue weighted by Crippen LogP contribution is 2.02. The number of Topliss-reactive ketones (excluding diaryl/α,β-unsaturated/α-hetero) is 1. The maximum Gasteiger partial charge on any atom is 0.219 e. The van der Waals surface area contributed by atoms with Gasteiger partial charge in [0, 0.05) is 13.1 Å². The van der Waals surface area contributed by atoms with Crippen LogP contribution in [0.2, 0.25) is 0 Å². The van der Waals surface area contributed by atoms with Gasteiger partial charge in [0.1, 0.15) is 12.9 Å². The van der Waals surface area contributed by atoms with E-state index in [1.54, 1.807) is 0 Å². The molecule has 0 aromatic carbocycles. The molecule has 1 saturated heterocycles. The molecule has 5 nitrogen and oxygen atoms in total. The van der Waals surface area contributed by atoms with E-state index in [9.17, 15) is 4.79 Å². The molecular weight excluding hydrogens is 170 g/mol. The molecule has 13 heavy (non-hydrogen) atoms. The van der Waals surface area contributed by atoms with E-state index < -0.39 is 0 Å². The quantitative estimate of drug-likeness (QED) is 0.498. The molecule has 0 radical (unpaired) electrons. The second-order valence-corrected chi connectivity index (χ2v) is 2.93. The maximum absolute atomic E-state index is 11.4. The summed E-state index contributed by atoms with van der Waals surface area (Å²) in [7, 11) is 0. The highest BCUT2D eigenvalue weighted by molar-refractivity contribution is 6.41. The SMILES string of the molecule is O=C1CN=CN=C1N1CCOCC1. The van der Waals surface area contributed by atoms with Gasteiger partial charge in [-0.15, -0.1) is 0 Å². The minimum atomic E-state index is 0.00407. The number of ether oxygens (including phenoxy) is 1. The highest BCUT2D eigenvalue weighted by Gasteiger charge is 2.22. The van der Waals surface area contributed by atoms with Crippen molar-refractivity contribution in [1.82, 2.24) is 4.90 Å². The van der Waals surface area contributed by atoms with Gasteiger partial charge in [-0.2, -0.15) is 0 Å². The first kappa shape index (κ1) is 8.37. The minimum absolute atomic E-state index is 0.00407. The predicted molar refractivity (Wildman–Crippen MR) is 48.2 cm³/mol. The molecule has 0 atom stereocenters. The Morgan fingerprint density at radius 2 is 2.15 bits per heavy atom. The Morgan fingerprint density at radius 1 is 1.38 bits per heavy atom. The number of rotatable bonds is 0. The average molecular weight is 181 g/mol.